The van der Waals surface area contributed by atoms with Gasteiger partial charge in [0.15, 0.2) is 0 Å². The number of hydrogen-bond donors (Lipinski definition) is 1. The van der Waals surface area contributed by atoms with Gasteiger partial charge in [0.05, 0.1) is 4.90 Å². The van der Waals surface area contributed by atoms with Crippen LogP contribution >= 0.6 is 0 Å². The lowest BCUT2D eigenvalue weighted by atomic mass is 9.86. The highest BCUT2D eigenvalue weighted by atomic mass is 32.2. The van der Waals surface area contributed by atoms with Crippen LogP contribution < -0.4 is 4.83 Å². The molecule has 0 unspecified atom stereocenters. The maximum absolute atomic E-state index is 12.4. The fourth-order valence-corrected chi connectivity index (χ4v) is 5.01. The Kier molecular flexibility index (Phi) is 4.76. The van der Waals surface area contributed by atoms with Crippen LogP contribution in [0.15, 0.2) is 34.3 Å². The van der Waals surface area contributed by atoms with Crippen molar-refractivity contribution < 1.29 is 8.42 Å². The van der Waals surface area contributed by atoms with Gasteiger partial charge in [-0.05, 0) is 62.1 Å². The third-order valence-corrected chi connectivity index (χ3v) is 6.61. The summed E-state index contributed by atoms with van der Waals surface area (Å²) in [6.07, 6.45) is 7.10. The van der Waals surface area contributed by atoms with Crippen LogP contribution in [0.25, 0.3) is 0 Å². The molecule has 2 aliphatic rings. The van der Waals surface area contributed by atoms with Crippen molar-refractivity contribution >= 4 is 15.7 Å². The normalized spacial score (nSPS) is 27.4. The smallest absolute Gasteiger partial charge is 0.200 e. The van der Waals surface area contributed by atoms with E-state index in [1.807, 2.05) is 19.1 Å². The summed E-state index contributed by atoms with van der Waals surface area (Å²) in [5, 5.41) is 4.21. The zero-order chi connectivity index (χ0) is 16.4. The van der Waals surface area contributed by atoms with Crippen LogP contribution in [-0.4, -0.2) is 14.1 Å². The van der Waals surface area contributed by atoms with Gasteiger partial charge in [-0.2, -0.15) is 13.5 Å². The van der Waals surface area contributed by atoms with Crippen LogP contribution in [-0.2, 0) is 16.4 Å². The molecule has 0 amide bonds. The molecule has 2 aliphatic carbocycles. The van der Waals surface area contributed by atoms with Crippen LogP contribution in [0.1, 0.15) is 51.5 Å². The second kappa shape index (κ2) is 6.63. The zero-order valence-electron chi connectivity index (χ0n) is 14.0. The summed E-state index contributed by atoms with van der Waals surface area (Å²) in [7, 11) is -3.57. The van der Waals surface area contributed by atoms with Gasteiger partial charge in [0, 0.05) is 11.6 Å². The number of nitrogens with zero attached hydrogens (tertiary/aromatic N) is 1. The highest BCUT2D eigenvalue weighted by Gasteiger charge is 2.40. The van der Waals surface area contributed by atoms with Crippen molar-refractivity contribution in [3.63, 3.8) is 0 Å². The van der Waals surface area contributed by atoms with Gasteiger partial charge < -0.3 is 0 Å². The van der Waals surface area contributed by atoms with Gasteiger partial charge in [-0.1, -0.05) is 31.9 Å². The average Bonchev–Trinajstić information content (AvgIpc) is 3.17. The standard InChI is InChI=1S/C18H26N2O2S/c1-3-4-14-6-9-17(10-7-14)23(21,22)20-19-13(2)18-12-15-5-8-16(18)11-15/h6-7,9-10,15-16,18,20H,3-5,8,11-12H2,1-2H3/b19-13-/t15-,16-,18-/m0/s1. The Bertz CT molecular complexity index is 679. The molecule has 0 aromatic heterocycles. The minimum Gasteiger partial charge on any atom is -0.200 e. The Hall–Kier alpha value is -1.36. The molecule has 0 aliphatic heterocycles. The van der Waals surface area contributed by atoms with Crippen molar-refractivity contribution in [2.75, 3.05) is 0 Å². The third kappa shape index (κ3) is 3.60. The van der Waals surface area contributed by atoms with E-state index in [9.17, 15) is 8.42 Å². The molecule has 0 heterocycles. The van der Waals surface area contributed by atoms with E-state index in [1.165, 1.54) is 25.7 Å². The number of nitrogens with one attached hydrogen (secondary N) is 1. The van der Waals surface area contributed by atoms with E-state index in [0.717, 1.165) is 30.0 Å². The topological polar surface area (TPSA) is 58.5 Å². The Labute approximate surface area is 139 Å². The minimum atomic E-state index is -3.57. The molecule has 0 spiro atoms. The van der Waals surface area contributed by atoms with Crippen LogP contribution in [0.3, 0.4) is 0 Å². The first-order chi connectivity index (χ1) is 11.0. The van der Waals surface area contributed by atoms with Gasteiger partial charge in [-0.25, -0.2) is 4.83 Å². The van der Waals surface area contributed by atoms with E-state index in [1.54, 1.807) is 12.1 Å². The molecule has 2 saturated carbocycles. The lowest BCUT2D eigenvalue weighted by molar-refractivity contribution is 0.413. The van der Waals surface area contributed by atoms with Gasteiger partial charge in [-0.15, -0.1) is 0 Å². The molecule has 23 heavy (non-hydrogen) atoms. The molecule has 4 nitrogen and oxygen atoms in total. The Balaban J connectivity index is 1.67. The summed E-state index contributed by atoms with van der Waals surface area (Å²) >= 11 is 0. The largest absolute Gasteiger partial charge is 0.276 e. The van der Waals surface area contributed by atoms with E-state index in [2.05, 4.69) is 16.9 Å². The molecule has 1 N–H and O–H groups in total. The minimum absolute atomic E-state index is 0.279. The number of hydrogen-bond acceptors (Lipinski definition) is 3. The van der Waals surface area contributed by atoms with Crippen molar-refractivity contribution in [3.8, 4) is 0 Å². The molecule has 1 aromatic carbocycles. The maximum Gasteiger partial charge on any atom is 0.276 e. The molecule has 3 atom stereocenters. The third-order valence-electron chi connectivity index (χ3n) is 5.39. The van der Waals surface area contributed by atoms with E-state index in [-0.39, 0.29) is 4.90 Å². The molecule has 0 saturated heterocycles. The second-order valence-corrected chi connectivity index (χ2v) is 8.68. The van der Waals surface area contributed by atoms with Crippen molar-refractivity contribution in [3.05, 3.63) is 29.8 Å². The first-order valence-electron chi connectivity index (χ1n) is 8.64. The monoisotopic (exact) mass is 334 g/mol. The Morgan fingerprint density at radius 2 is 1.96 bits per heavy atom. The van der Waals surface area contributed by atoms with Crippen LogP contribution in [0, 0.1) is 17.8 Å². The summed E-state index contributed by atoms with van der Waals surface area (Å²) in [5.41, 5.74) is 2.09. The van der Waals surface area contributed by atoms with Crippen molar-refractivity contribution in [2.45, 2.75) is 57.3 Å². The van der Waals surface area contributed by atoms with Gasteiger partial charge in [0.1, 0.15) is 0 Å². The van der Waals surface area contributed by atoms with E-state index < -0.39 is 10.0 Å². The molecule has 2 bridgehead atoms. The van der Waals surface area contributed by atoms with Crippen molar-refractivity contribution in [1.82, 2.24) is 4.83 Å². The molecular formula is C18H26N2O2S. The zero-order valence-corrected chi connectivity index (χ0v) is 14.8. The average molecular weight is 334 g/mol. The summed E-state index contributed by atoms with van der Waals surface area (Å²) < 4.78 is 24.7. The van der Waals surface area contributed by atoms with Gasteiger partial charge in [0.2, 0.25) is 0 Å². The lowest BCUT2D eigenvalue weighted by Crippen LogP contribution is -2.24. The molecule has 2 fully saturated rings. The molecule has 5 heteroatoms. The predicted molar refractivity (Wildman–Crippen MR) is 92.8 cm³/mol. The molecule has 126 valence electrons. The van der Waals surface area contributed by atoms with Crippen LogP contribution in [0.2, 0.25) is 0 Å². The van der Waals surface area contributed by atoms with Crippen molar-refractivity contribution in [1.29, 1.82) is 0 Å². The van der Waals surface area contributed by atoms with Gasteiger partial charge in [0.25, 0.3) is 10.0 Å². The molecule has 3 rings (SSSR count). The summed E-state index contributed by atoms with van der Waals surface area (Å²) in [5.74, 6) is 2.00. The number of benzene rings is 1. The number of rotatable bonds is 6. The van der Waals surface area contributed by atoms with E-state index >= 15 is 0 Å². The lowest BCUT2D eigenvalue weighted by Gasteiger charge is -2.21. The summed E-state index contributed by atoms with van der Waals surface area (Å²) in [6, 6.07) is 7.08. The number of fused-ring (bicyclic) bond motifs is 2. The van der Waals surface area contributed by atoms with Crippen molar-refractivity contribution in [2.24, 2.45) is 22.9 Å². The first kappa shape index (κ1) is 16.5. The van der Waals surface area contributed by atoms with E-state index in [0.29, 0.717) is 11.8 Å². The Morgan fingerprint density at radius 3 is 2.52 bits per heavy atom. The van der Waals surface area contributed by atoms with Crippen LogP contribution in [0.4, 0.5) is 0 Å². The summed E-state index contributed by atoms with van der Waals surface area (Å²) in [4.78, 5) is 2.70. The highest BCUT2D eigenvalue weighted by Crippen LogP contribution is 2.48. The molecule has 0 radical (unpaired) electrons. The highest BCUT2D eigenvalue weighted by molar-refractivity contribution is 7.89. The Morgan fingerprint density at radius 1 is 1.22 bits per heavy atom. The second-order valence-electron chi connectivity index (χ2n) is 7.02. The number of hydrazone groups is 1. The van der Waals surface area contributed by atoms with E-state index in [4.69, 9.17) is 0 Å². The number of aryl methyl sites for hydroxylation is 1. The predicted octanol–water partition coefficient (Wildman–Crippen LogP) is 3.73. The molecular weight excluding hydrogens is 308 g/mol. The fraction of sp³-hybridized carbons (Fsp3) is 0.611. The first-order valence-corrected chi connectivity index (χ1v) is 10.1. The summed E-state index contributed by atoms with van der Waals surface area (Å²) in [6.45, 7) is 4.07. The number of sulfonamides is 1. The van der Waals surface area contributed by atoms with Crippen LogP contribution in [0.5, 0.6) is 0 Å². The maximum atomic E-state index is 12.4. The quantitative estimate of drug-likeness (QED) is 0.636. The SMILES string of the molecule is CCCc1ccc(S(=O)(=O)N/N=C(/C)[C@@H]2C[C@H]3CC[C@H]2C3)cc1. The molecule has 1 aromatic rings. The van der Waals surface area contributed by atoms with Gasteiger partial charge >= 0.3 is 0 Å². The fourth-order valence-electron chi connectivity index (χ4n) is 4.15. The van der Waals surface area contributed by atoms with Gasteiger partial charge in [-0.3, -0.25) is 0 Å².